The Kier molecular flexibility index (Phi) is 3.94. The van der Waals surface area contributed by atoms with Crippen molar-refractivity contribution in [2.45, 2.75) is 10.1 Å². The van der Waals surface area contributed by atoms with Gasteiger partial charge in [0.2, 0.25) is 0 Å². The van der Waals surface area contributed by atoms with E-state index in [0.717, 1.165) is 11.8 Å². The Morgan fingerprint density at radius 2 is 1.80 bits per heavy atom. The van der Waals surface area contributed by atoms with Crippen LogP contribution in [0.1, 0.15) is 10.4 Å². The number of carbonyl (C=O) groups excluding carboxylic acids is 1. The van der Waals surface area contributed by atoms with Crippen LogP contribution in [-0.4, -0.2) is 23.0 Å². The standard InChI is InChI=1S/C12H13N5O2S/c1-19-11(18)7-4-6(13)2-3-8(7)20-12-16-9(14)5-10(15)17-12/h2-5H,13H2,1H3,(H4,14,15,16,17). The number of aromatic nitrogens is 2. The Bertz CT molecular complexity index is 642. The van der Waals surface area contributed by atoms with E-state index in [1.54, 1.807) is 12.1 Å². The number of benzene rings is 1. The van der Waals surface area contributed by atoms with E-state index in [-0.39, 0.29) is 11.6 Å². The van der Waals surface area contributed by atoms with E-state index < -0.39 is 5.97 Å². The maximum atomic E-state index is 11.7. The lowest BCUT2D eigenvalue weighted by molar-refractivity contribution is 0.0597. The molecule has 0 fully saturated rings. The van der Waals surface area contributed by atoms with E-state index in [1.807, 2.05) is 0 Å². The van der Waals surface area contributed by atoms with Crippen LogP contribution in [-0.2, 0) is 4.74 Å². The summed E-state index contributed by atoms with van der Waals surface area (Å²) in [5.41, 5.74) is 17.7. The van der Waals surface area contributed by atoms with E-state index in [9.17, 15) is 4.79 Å². The fourth-order valence-corrected chi connectivity index (χ4v) is 2.40. The number of anilines is 3. The van der Waals surface area contributed by atoms with Crippen molar-refractivity contribution < 1.29 is 9.53 Å². The van der Waals surface area contributed by atoms with E-state index >= 15 is 0 Å². The summed E-state index contributed by atoms with van der Waals surface area (Å²) in [4.78, 5) is 20.4. The molecule has 0 aliphatic heterocycles. The normalized spacial score (nSPS) is 10.2. The molecule has 0 unspecified atom stereocenters. The van der Waals surface area contributed by atoms with E-state index in [1.165, 1.54) is 19.2 Å². The molecule has 104 valence electrons. The minimum Gasteiger partial charge on any atom is -0.465 e. The molecule has 0 saturated carbocycles. The quantitative estimate of drug-likeness (QED) is 0.436. The Morgan fingerprint density at radius 3 is 2.40 bits per heavy atom. The molecule has 0 atom stereocenters. The molecule has 0 aliphatic carbocycles. The van der Waals surface area contributed by atoms with Crippen LogP contribution in [0.5, 0.6) is 0 Å². The number of ether oxygens (including phenoxy) is 1. The minimum absolute atomic E-state index is 0.259. The van der Waals surface area contributed by atoms with Crippen molar-refractivity contribution in [2.75, 3.05) is 24.3 Å². The van der Waals surface area contributed by atoms with Gasteiger partial charge in [-0.05, 0) is 30.0 Å². The Morgan fingerprint density at radius 1 is 1.15 bits per heavy atom. The largest absolute Gasteiger partial charge is 0.465 e. The SMILES string of the molecule is COC(=O)c1cc(N)ccc1Sc1nc(N)cc(N)n1. The van der Waals surface area contributed by atoms with Gasteiger partial charge in [0, 0.05) is 16.6 Å². The molecular formula is C12H13N5O2S. The fourth-order valence-electron chi connectivity index (χ4n) is 1.51. The molecule has 1 aromatic heterocycles. The van der Waals surface area contributed by atoms with Crippen LogP contribution in [0.3, 0.4) is 0 Å². The summed E-state index contributed by atoms with van der Waals surface area (Å²) in [5, 5.41) is 0.345. The number of esters is 1. The number of hydrogen-bond acceptors (Lipinski definition) is 8. The molecule has 0 bridgehead atoms. The maximum absolute atomic E-state index is 11.7. The van der Waals surface area contributed by atoms with Gasteiger partial charge in [0.05, 0.1) is 12.7 Å². The van der Waals surface area contributed by atoms with Crippen LogP contribution in [0.15, 0.2) is 34.3 Å². The van der Waals surface area contributed by atoms with Crippen molar-refractivity contribution in [3.63, 3.8) is 0 Å². The smallest absolute Gasteiger partial charge is 0.339 e. The van der Waals surface area contributed by atoms with Crippen molar-refractivity contribution in [1.29, 1.82) is 0 Å². The summed E-state index contributed by atoms with van der Waals surface area (Å²) in [6.45, 7) is 0. The second-order valence-electron chi connectivity index (χ2n) is 3.85. The zero-order valence-electron chi connectivity index (χ0n) is 10.7. The first-order valence-corrected chi connectivity index (χ1v) is 6.37. The summed E-state index contributed by atoms with van der Waals surface area (Å²) < 4.78 is 4.72. The third-order valence-electron chi connectivity index (χ3n) is 2.36. The molecule has 7 nitrogen and oxygen atoms in total. The zero-order chi connectivity index (χ0) is 14.7. The van der Waals surface area contributed by atoms with Crippen molar-refractivity contribution in [3.8, 4) is 0 Å². The highest BCUT2D eigenvalue weighted by Gasteiger charge is 2.15. The molecule has 6 N–H and O–H groups in total. The fraction of sp³-hybridized carbons (Fsp3) is 0.0833. The Balaban J connectivity index is 2.40. The number of nitrogen functional groups attached to an aromatic ring is 3. The Labute approximate surface area is 119 Å². The van der Waals surface area contributed by atoms with E-state index in [2.05, 4.69) is 9.97 Å². The summed E-state index contributed by atoms with van der Waals surface area (Å²) in [7, 11) is 1.30. The van der Waals surface area contributed by atoms with Crippen LogP contribution >= 0.6 is 11.8 Å². The van der Waals surface area contributed by atoms with Crippen molar-refractivity contribution >= 4 is 35.1 Å². The molecule has 0 aliphatic rings. The van der Waals surface area contributed by atoms with Crippen LogP contribution in [0, 0.1) is 0 Å². The number of hydrogen-bond donors (Lipinski definition) is 3. The van der Waals surface area contributed by atoms with Gasteiger partial charge in [-0.3, -0.25) is 0 Å². The van der Waals surface area contributed by atoms with Crippen LogP contribution in [0.25, 0.3) is 0 Å². The van der Waals surface area contributed by atoms with Crippen molar-refractivity contribution in [3.05, 3.63) is 29.8 Å². The molecular weight excluding hydrogens is 278 g/mol. The third kappa shape index (κ3) is 3.09. The first-order chi connectivity index (χ1) is 9.49. The zero-order valence-corrected chi connectivity index (χ0v) is 11.5. The van der Waals surface area contributed by atoms with Gasteiger partial charge < -0.3 is 21.9 Å². The lowest BCUT2D eigenvalue weighted by atomic mass is 10.2. The van der Waals surface area contributed by atoms with Crippen LogP contribution in [0.4, 0.5) is 17.3 Å². The average Bonchev–Trinajstić information content (AvgIpc) is 2.38. The number of nitrogens with two attached hydrogens (primary N) is 3. The highest BCUT2D eigenvalue weighted by molar-refractivity contribution is 7.99. The van der Waals surface area contributed by atoms with Gasteiger partial charge in [-0.25, -0.2) is 14.8 Å². The summed E-state index contributed by atoms with van der Waals surface area (Å²) in [6, 6.07) is 6.34. The molecule has 2 rings (SSSR count). The minimum atomic E-state index is -0.489. The first-order valence-electron chi connectivity index (χ1n) is 5.55. The molecule has 20 heavy (non-hydrogen) atoms. The average molecular weight is 291 g/mol. The summed E-state index contributed by atoms with van der Waals surface area (Å²) >= 11 is 1.16. The monoisotopic (exact) mass is 291 g/mol. The predicted molar refractivity (Wildman–Crippen MR) is 77.2 cm³/mol. The molecule has 1 heterocycles. The molecule has 8 heteroatoms. The van der Waals surface area contributed by atoms with Crippen molar-refractivity contribution in [1.82, 2.24) is 9.97 Å². The number of methoxy groups -OCH3 is 1. The van der Waals surface area contributed by atoms with E-state index in [4.69, 9.17) is 21.9 Å². The van der Waals surface area contributed by atoms with Gasteiger partial charge >= 0.3 is 5.97 Å². The summed E-state index contributed by atoms with van der Waals surface area (Å²) in [6.07, 6.45) is 0. The first kappa shape index (κ1) is 13.9. The Hall–Kier alpha value is -2.48. The molecule has 0 saturated heterocycles. The maximum Gasteiger partial charge on any atom is 0.339 e. The van der Waals surface area contributed by atoms with Gasteiger partial charge in [0.15, 0.2) is 5.16 Å². The van der Waals surface area contributed by atoms with Crippen LogP contribution < -0.4 is 17.2 Å². The van der Waals surface area contributed by atoms with Gasteiger partial charge in [0.1, 0.15) is 11.6 Å². The molecule has 0 radical (unpaired) electrons. The highest BCUT2D eigenvalue weighted by Crippen LogP contribution is 2.30. The molecule has 0 spiro atoms. The van der Waals surface area contributed by atoms with Gasteiger partial charge in [-0.2, -0.15) is 0 Å². The summed E-state index contributed by atoms with van der Waals surface area (Å²) in [5.74, 6) is 0.0294. The number of carbonyl (C=O) groups is 1. The molecule has 2 aromatic rings. The lowest BCUT2D eigenvalue weighted by Gasteiger charge is -2.08. The lowest BCUT2D eigenvalue weighted by Crippen LogP contribution is -2.05. The van der Waals surface area contributed by atoms with Gasteiger partial charge in [-0.15, -0.1) is 0 Å². The number of rotatable bonds is 3. The topological polar surface area (TPSA) is 130 Å². The predicted octanol–water partition coefficient (Wildman–Crippen LogP) is 1.16. The highest BCUT2D eigenvalue weighted by atomic mass is 32.2. The number of nitrogens with zero attached hydrogens (tertiary/aromatic N) is 2. The van der Waals surface area contributed by atoms with Gasteiger partial charge in [-0.1, -0.05) is 0 Å². The van der Waals surface area contributed by atoms with Crippen LogP contribution in [0.2, 0.25) is 0 Å². The second-order valence-corrected chi connectivity index (χ2v) is 4.86. The second kappa shape index (κ2) is 5.66. The van der Waals surface area contributed by atoms with E-state index in [0.29, 0.717) is 21.3 Å². The van der Waals surface area contributed by atoms with Crippen molar-refractivity contribution in [2.24, 2.45) is 0 Å². The molecule has 1 aromatic carbocycles. The molecule has 0 amide bonds. The van der Waals surface area contributed by atoms with Gasteiger partial charge in [0.25, 0.3) is 0 Å². The third-order valence-corrected chi connectivity index (χ3v) is 3.30.